The molecule has 0 aliphatic carbocycles. The summed E-state index contributed by atoms with van der Waals surface area (Å²) in [6, 6.07) is 1.85. The van der Waals surface area contributed by atoms with E-state index >= 15 is 0 Å². The number of nitrogens with zero attached hydrogens (tertiary/aromatic N) is 2. The van der Waals surface area contributed by atoms with Gasteiger partial charge < -0.3 is 18.9 Å². The third-order valence-corrected chi connectivity index (χ3v) is 4.25. The Morgan fingerprint density at radius 3 is 3.05 bits per heavy atom. The third-order valence-electron chi connectivity index (χ3n) is 4.25. The Bertz CT molecular complexity index is 502. The van der Waals surface area contributed by atoms with Crippen molar-refractivity contribution in [3.63, 3.8) is 0 Å². The second-order valence-electron chi connectivity index (χ2n) is 5.71. The molecule has 2 saturated heterocycles. The minimum atomic E-state index is -0.0498. The van der Waals surface area contributed by atoms with Crippen LogP contribution in [0.5, 0.6) is 0 Å². The largest absolute Gasteiger partial charge is 0.379 e. The van der Waals surface area contributed by atoms with Crippen molar-refractivity contribution in [3.8, 4) is 0 Å². The van der Waals surface area contributed by atoms with E-state index in [2.05, 4.69) is 5.16 Å². The molecule has 1 aromatic rings. The van der Waals surface area contributed by atoms with E-state index in [9.17, 15) is 4.79 Å². The van der Waals surface area contributed by atoms with Crippen LogP contribution in [0.4, 0.5) is 0 Å². The number of ether oxygens (including phenoxy) is 2. The van der Waals surface area contributed by atoms with Gasteiger partial charge >= 0.3 is 0 Å². The van der Waals surface area contributed by atoms with Crippen molar-refractivity contribution in [1.82, 2.24) is 10.1 Å². The number of aryl methyl sites for hydroxylation is 1. The summed E-state index contributed by atoms with van der Waals surface area (Å²) in [5.74, 6) is 0.608. The van der Waals surface area contributed by atoms with Gasteiger partial charge in [-0.15, -0.1) is 0 Å². The molecular formula is C15H22N2O4. The topological polar surface area (TPSA) is 64.8 Å². The van der Waals surface area contributed by atoms with Crippen molar-refractivity contribution in [3.05, 3.63) is 17.5 Å². The summed E-state index contributed by atoms with van der Waals surface area (Å²) in [7, 11) is 0. The molecule has 3 heterocycles. The lowest BCUT2D eigenvalue weighted by Gasteiger charge is -2.35. The number of carbonyl (C=O) groups is 1. The zero-order chi connectivity index (χ0) is 14.8. The second-order valence-corrected chi connectivity index (χ2v) is 5.71. The van der Waals surface area contributed by atoms with E-state index in [1.165, 1.54) is 0 Å². The first-order valence-corrected chi connectivity index (χ1v) is 7.66. The third kappa shape index (κ3) is 2.96. The van der Waals surface area contributed by atoms with Crippen molar-refractivity contribution >= 4 is 5.91 Å². The van der Waals surface area contributed by atoms with E-state index in [4.69, 9.17) is 14.0 Å². The SMILES string of the molecule is CCOC[C@H]1CC[C@H]2[C@H](CCN2C(=O)c2cc(C)on2)O1. The Morgan fingerprint density at radius 2 is 2.33 bits per heavy atom. The lowest BCUT2D eigenvalue weighted by Crippen LogP contribution is -2.46. The number of carbonyl (C=O) groups excluding carboxylic acids is 1. The molecule has 1 amide bonds. The van der Waals surface area contributed by atoms with Crippen LogP contribution in [-0.2, 0) is 9.47 Å². The fraction of sp³-hybridized carbons (Fsp3) is 0.733. The Kier molecular flexibility index (Phi) is 4.26. The summed E-state index contributed by atoms with van der Waals surface area (Å²) in [6.45, 7) is 5.86. The average molecular weight is 294 g/mol. The van der Waals surface area contributed by atoms with Crippen LogP contribution in [0.2, 0.25) is 0 Å². The van der Waals surface area contributed by atoms with Gasteiger partial charge in [0.25, 0.3) is 5.91 Å². The second kappa shape index (κ2) is 6.15. The molecule has 2 aliphatic heterocycles. The molecule has 0 saturated carbocycles. The molecule has 0 unspecified atom stereocenters. The molecular weight excluding hydrogens is 272 g/mol. The molecule has 0 aromatic carbocycles. The average Bonchev–Trinajstić information content (AvgIpc) is 3.10. The number of aromatic nitrogens is 1. The molecule has 3 atom stereocenters. The molecule has 6 nitrogen and oxygen atoms in total. The first-order valence-electron chi connectivity index (χ1n) is 7.66. The molecule has 116 valence electrons. The van der Waals surface area contributed by atoms with E-state index in [1.54, 1.807) is 13.0 Å². The van der Waals surface area contributed by atoms with Gasteiger partial charge in [0.05, 0.1) is 24.9 Å². The number of hydrogen-bond acceptors (Lipinski definition) is 5. The fourth-order valence-corrected chi connectivity index (χ4v) is 3.24. The number of likely N-dealkylation sites (tertiary alicyclic amines) is 1. The first-order chi connectivity index (χ1) is 10.2. The quantitative estimate of drug-likeness (QED) is 0.847. The lowest BCUT2D eigenvalue weighted by molar-refractivity contribution is -0.0952. The first kappa shape index (κ1) is 14.5. The van der Waals surface area contributed by atoms with Crippen molar-refractivity contribution < 1.29 is 18.8 Å². The summed E-state index contributed by atoms with van der Waals surface area (Å²) >= 11 is 0. The molecule has 6 heteroatoms. The summed E-state index contributed by atoms with van der Waals surface area (Å²) in [6.07, 6.45) is 3.07. The summed E-state index contributed by atoms with van der Waals surface area (Å²) in [5.41, 5.74) is 0.393. The molecule has 0 radical (unpaired) electrons. The highest BCUT2D eigenvalue weighted by Gasteiger charge is 2.42. The van der Waals surface area contributed by atoms with Crippen LogP contribution >= 0.6 is 0 Å². The van der Waals surface area contributed by atoms with Crippen molar-refractivity contribution in [1.29, 1.82) is 0 Å². The highest BCUT2D eigenvalue weighted by atomic mass is 16.5. The van der Waals surface area contributed by atoms with Gasteiger partial charge in [0.1, 0.15) is 5.76 Å². The standard InChI is InChI=1S/C15H22N2O4/c1-3-19-9-11-4-5-13-14(20-11)6-7-17(13)15(18)12-8-10(2)21-16-12/h8,11,13-14H,3-7,9H2,1-2H3/t11-,13+,14+/m1/s1. The Hall–Kier alpha value is -1.40. The monoisotopic (exact) mass is 294 g/mol. The van der Waals surface area contributed by atoms with Crippen molar-refractivity contribution in [2.24, 2.45) is 0 Å². The maximum Gasteiger partial charge on any atom is 0.276 e. The Morgan fingerprint density at radius 1 is 1.48 bits per heavy atom. The van der Waals surface area contributed by atoms with Crippen LogP contribution in [0.25, 0.3) is 0 Å². The van der Waals surface area contributed by atoms with Gasteiger partial charge in [-0.3, -0.25) is 4.79 Å². The van der Waals surface area contributed by atoms with Crippen LogP contribution in [0.15, 0.2) is 10.6 Å². The molecule has 2 aliphatic rings. The van der Waals surface area contributed by atoms with E-state index in [-0.39, 0.29) is 24.2 Å². The maximum absolute atomic E-state index is 12.5. The van der Waals surface area contributed by atoms with E-state index in [1.807, 2.05) is 11.8 Å². The minimum absolute atomic E-state index is 0.0498. The number of rotatable bonds is 4. The van der Waals surface area contributed by atoms with Gasteiger partial charge in [0, 0.05) is 19.2 Å². The smallest absolute Gasteiger partial charge is 0.276 e. The van der Waals surface area contributed by atoms with Crippen molar-refractivity contribution in [2.75, 3.05) is 19.8 Å². The van der Waals surface area contributed by atoms with Gasteiger partial charge in [0.2, 0.25) is 0 Å². The van der Waals surface area contributed by atoms with Crippen LogP contribution in [0.3, 0.4) is 0 Å². The van der Waals surface area contributed by atoms with Crippen LogP contribution in [0, 0.1) is 6.92 Å². The normalized spacial score (nSPS) is 28.7. The van der Waals surface area contributed by atoms with Gasteiger partial charge in [-0.05, 0) is 33.1 Å². The van der Waals surface area contributed by atoms with Crippen molar-refractivity contribution in [2.45, 2.75) is 51.4 Å². The molecule has 0 bridgehead atoms. The number of fused-ring (bicyclic) bond motifs is 1. The predicted octanol–water partition coefficient (Wildman–Crippen LogP) is 1.78. The Labute approximate surface area is 124 Å². The highest BCUT2D eigenvalue weighted by molar-refractivity contribution is 5.92. The fourth-order valence-electron chi connectivity index (χ4n) is 3.24. The van der Waals surface area contributed by atoms with E-state index < -0.39 is 0 Å². The zero-order valence-electron chi connectivity index (χ0n) is 12.6. The molecule has 21 heavy (non-hydrogen) atoms. The van der Waals surface area contributed by atoms with E-state index in [0.717, 1.165) is 25.8 Å². The minimum Gasteiger partial charge on any atom is -0.379 e. The zero-order valence-corrected chi connectivity index (χ0v) is 12.6. The van der Waals surface area contributed by atoms with E-state index in [0.29, 0.717) is 24.7 Å². The molecule has 0 N–H and O–H groups in total. The molecule has 3 rings (SSSR count). The van der Waals surface area contributed by atoms with Gasteiger partial charge in [0.15, 0.2) is 5.69 Å². The van der Waals surface area contributed by atoms with Crippen LogP contribution in [-0.4, -0.2) is 54.0 Å². The summed E-state index contributed by atoms with van der Waals surface area (Å²) in [4.78, 5) is 14.4. The number of hydrogen-bond donors (Lipinski definition) is 0. The van der Waals surface area contributed by atoms with Gasteiger partial charge in [-0.2, -0.15) is 0 Å². The summed E-state index contributed by atoms with van der Waals surface area (Å²) < 4.78 is 16.5. The van der Waals surface area contributed by atoms with Crippen LogP contribution < -0.4 is 0 Å². The molecule has 1 aromatic heterocycles. The highest BCUT2D eigenvalue weighted by Crippen LogP contribution is 2.32. The Balaban J connectivity index is 1.62. The maximum atomic E-state index is 12.5. The molecule has 0 spiro atoms. The predicted molar refractivity (Wildman–Crippen MR) is 75.1 cm³/mol. The number of amides is 1. The van der Waals surface area contributed by atoms with Gasteiger partial charge in [-0.25, -0.2) is 0 Å². The lowest BCUT2D eigenvalue weighted by atomic mass is 9.99. The molecule has 2 fully saturated rings. The summed E-state index contributed by atoms with van der Waals surface area (Å²) in [5, 5.41) is 3.83. The van der Waals surface area contributed by atoms with Crippen LogP contribution in [0.1, 0.15) is 42.4 Å². The van der Waals surface area contributed by atoms with Gasteiger partial charge in [-0.1, -0.05) is 5.16 Å².